The van der Waals surface area contributed by atoms with Gasteiger partial charge in [0.1, 0.15) is 0 Å². The Bertz CT molecular complexity index is 248. The van der Waals surface area contributed by atoms with Gasteiger partial charge in [-0.25, -0.2) is 0 Å². The molecule has 0 amide bonds. The SMILES string of the molecule is CCSCCNCc1cnc(C)cn1. The van der Waals surface area contributed by atoms with Gasteiger partial charge in [-0.05, 0) is 12.7 Å². The van der Waals surface area contributed by atoms with E-state index >= 15 is 0 Å². The topological polar surface area (TPSA) is 37.8 Å². The zero-order chi connectivity index (χ0) is 10.2. The Kier molecular flexibility index (Phi) is 5.56. The molecule has 0 bridgehead atoms. The molecule has 0 spiro atoms. The first-order chi connectivity index (χ1) is 6.83. The number of nitrogens with zero attached hydrogens (tertiary/aromatic N) is 2. The number of thioether (sulfide) groups is 1. The molecule has 0 unspecified atom stereocenters. The maximum absolute atomic E-state index is 4.26. The van der Waals surface area contributed by atoms with E-state index in [1.807, 2.05) is 24.9 Å². The highest BCUT2D eigenvalue weighted by molar-refractivity contribution is 7.99. The van der Waals surface area contributed by atoms with Crippen LogP contribution in [0.2, 0.25) is 0 Å². The molecule has 1 rings (SSSR count). The van der Waals surface area contributed by atoms with Gasteiger partial charge in [0, 0.05) is 31.2 Å². The fraction of sp³-hybridized carbons (Fsp3) is 0.600. The second-order valence-electron chi connectivity index (χ2n) is 3.02. The maximum Gasteiger partial charge on any atom is 0.0724 e. The predicted octanol–water partition coefficient (Wildman–Crippen LogP) is 1.63. The Hall–Kier alpha value is -0.610. The van der Waals surface area contributed by atoms with Gasteiger partial charge in [0.2, 0.25) is 0 Å². The van der Waals surface area contributed by atoms with E-state index in [4.69, 9.17) is 0 Å². The van der Waals surface area contributed by atoms with E-state index < -0.39 is 0 Å². The van der Waals surface area contributed by atoms with Gasteiger partial charge in [-0.15, -0.1) is 0 Å². The highest BCUT2D eigenvalue weighted by atomic mass is 32.2. The van der Waals surface area contributed by atoms with E-state index in [1.165, 1.54) is 5.75 Å². The molecule has 0 aliphatic heterocycles. The lowest BCUT2D eigenvalue weighted by Crippen LogP contribution is -2.17. The van der Waals surface area contributed by atoms with Crippen LogP contribution in [0.5, 0.6) is 0 Å². The molecule has 0 fully saturated rings. The standard InChI is InChI=1S/C10H17N3S/c1-3-14-5-4-11-7-10-8-12-9(2)6-13-10/h6,8,11H,3-5,7H2,1-2H3. The van der Waals surface area contributed by atoms with Crippen LogP contribution < -0.4 is 5.32 Å². The third-order valence-corrected chi connectivity index (χ3v) is 2.67. The van der Waals surface area contributed by atoms with Crippen LogP contribution in [-0.4, -0.2) is 28.0 Å². The van der Waals surface area contributed by atoms with Crippen molar-refractivity contribution < 1.29 is 0 Å². The summed E-state index contributed by atoms with van der Waals surface area (Å²) in [7, 11) is 0. The van der Waals surface area contributed by atoms with E-state index in [0.29, 0.717) is 0 Å². The summed E-state index contributed by atoms with van der Waals surface area (Å²) in [6.45, 7) is 5.98. The first kappa shape index (κ1) is 11.5. The van der Waals surface area contributed by atoms with Crippen LogP contribution in [0.25, 0.3) is 0 Å². The molecule has 4 heteroatoms. The summed E-state index contributed by atoms with van der Waals surface area (Å²) in [5.74, 6) is 2.35. The molecule has 1 aromatic heterocycles. The Morgan fingerprint density at radius 2 is 2.21 bits per heavy atom. The largest absolute Gasteiger partial charge is 0.310 e. The van der Waals surface area contributed by atoms with Crippen LogP contribution in [-0.2, 0) is 6.54 Å². The zero-order valence-electron chi connectivity index (χ0n) is 8.79. The van der Waals surface area contributed by atoms with Gasteiger partial charge in [0.05, 0.1) is 11.4 Å². The molecule has 1 N–H and O–H groups in total. The summed E-state index contributed by atoms with van der Waals surface area (Å²) < 4.78 is 0. The summed E-state index contributed by atoms with van der Waals surface area (Å²) in [6, 6.07) is 0. The minimum Gasteiger partial charge on any atom is -0.310 e. The van der Waals surface area contributed by atoms with Crippen molar-refractivity contribution in [2.24, 2.45) is 0 Å². The lowest BCUT2D eigenvalue weighted by molar-refractivity contribution is 0.710. The number of aryl methyl sites for hydroxylation is 1. The molecular weight excluding hydrogens is 194 g/mol. The highest BCUT2D eigenvalue weighted by Crippen LogP contribution is 1.96. The molecule has 0 aliphatic rings. The van der Waals surface area contributed by atoms with Gasteiger partial charge in [0.25, 0.3) is 0 Å². The lowest BCUT2D eigenvalue weighted by Gasteiger charge is -2.03. The Morgan fingerprint density at radius 1 is 1.36 bits per heavy atom. The van der Waals surface area contributed by atoms with Crippen molar-refractivity contribution in [3.05, 3.63) is 23.8 Å². The van der Waals surface area contributed by atoms with Gasteiger partial charge in [-0.1, -0.05) is 6.92 Å². The van der Waals surface area contributed by atoms with Crippen molar-refractivity contribution in [1.29, 1.82) is 0 Å². The molecule has 78 valence electrons. The van der Waals surface area contributed by atoms with Crippen LogP contribution >= 0.6 is 11.8 Å². The molecule has 0 saturated heterocycles. The Labute approximate surface area is 89.7 Å². The average molecular weight is 211 g/mol. The minimum atomic E-state index is 0.817. The van der Waals surface area contributed by atoms with Crippen LogP contribution in [0.3, 0.4) is 0 Å². The van der Waals surface area contributed by atoms with Crippen molar-refractivity contribution >= 4 is 11.8 Å². The van der Waals surface area contributed by atoms with Crippen molar-refractivity contribution in [3.63, 3.8) is 0 Å². The fourth-order valence-corrected chi connectivity index (χ4v) is 1.59. The zero-order valence-corrected chi connectivity index (χ0v) is 9.60. The van der Waals surface area contributed by atoms with Crippen molar-refractivity contribution in [2.45, 2.75) is 20.4 Å². The molecule has 14 heavy (non-hydrogen) atoms. The third-order valence-electron chi connectivity index (χ3n) is 1.77. The molecule has 1 aromatic rings. The van der Waals surface area contributed by atoms with E-state index in [1.54, 1.807) is 6.20 Å². The average Bonchev–Trinajstić information content (AvgIpc) is 2.21. The van der Waals surface area contributed by atoms with Gasteiger partial charge in [0.15, 0.2) is 0 Å². The molecule has 0 radical (unpaired) electrons. The summed E-state index contributed by atoms with van der Waals surface area (Å²) in [5.41, 5.74) is 1.98. The van der Waals surface area contributed by atoms with Crippen LogP contribution in [0.1, 0.15) is 18.3 Å². The van der Waals surface area contributed by atoms with E-state index in [9.17, 15) is 0 Å². The molecule has 0 aromatic carbocycles. The van der Waals surface area contributed by atoms with Gasteiger partial charge >= 0.3 is 0 Å². The fourth-order valence-electron chi connectivity index (χ4n) is 1.02. The number of hydrogen-bond donors (Lipinski definition) is 1. The van der Waals surface area contributed by atoms with E-state index in [2.05, 4.69) is 22.2 Å². The second-order valence-corrected chi connectivity index (χ2v) is 4.42. The maximum atomic E-state index is 4.26. The minimum absolute atomic E-state index is 0.817. The Morgan fingerprint density at radius 3 is 2.86 bits per heavy atom. The molecule has 1 heterocycles. The van der Waals surface area contributed by atoms with Crippen molar-refractivity contribution in [3.8, 4) is 0 Å². The summed E-state index contributed by atoms with van der Waals surface area (Å²) >= 11 is 1.95. The number of rotatable bonds is 6. The first-order valence-corrected chi connectivity index (χ1v) is 6.04. The van der Waals surface area contributed by atoms with Gasteiger partial charge < -0.3 is 5.32 Å². The predicted molar refractivity (Wildman–Crippen MR) is 61.5 cm³/mol. The molecule has 0 atom stereocenters. The van der Waals surface area contributed by atoms with E-state index in [-0.39, 0.29) is 0 Å². The normalized spacial score (nSPS) is 10.4. The van der Waals surface area contributed by atoms with Gasteiger partial charge in [-0.2, -0.15) is 11.8 Å². The number of hydrogen-bond acceptors (Lipinski definition) is 4. The molecule has 3 nitrogen and oxygen atoms in total. The number of aromatic nitrogens is 2. The summed E-state index contributed by atoms with van der Waals surface area (Å²) in [5, 5.41) is 3.33. The third kappa shape index (κ3) is 4.58. The molecule has 0 saturated carbocycles. The molecular formula is C10H17N3S. The summed E-state index contributed by atoms with van der Waals surface area (Å²) in [6.07, 6.45) is 3.63. The highest BCUT2D eigenvalue weighted by Gasteiger charge is 1.93. The monoisotopic (exact) mass is 211 g/mol. The van der Waals surface area contributed by atoms with E-state index in [0.717, 1.165) is 30.2 Å². The van der Waals surface area contributed by atoms with Crippen molar-refractivity contribution in [1.82, 2.24) is 15.3 Å². The first-order valence-electron chi connectivity index (χ1n) is 4.89. The smallest absolute Gasteiger partial charge is 0.0724 e. The lowest BCUT2D eigenvalue weighted by atomic mass is 10.4. The van der Waals surface area contributed by atoms with Crippen molar-refractivity contribution in [2.75, 3.05) is 18.1 Å². The van der Waals surface area contributed by atoms with Crippen LogP contribution in [0, 0.1) is 6.92 Å². The second kappa shape index (κ2) is 6.79. The summed E-state index contributed by atoms with van der Waals surface area (Å²) in [4.78, 5) is 8.45. The Balaban J connectivity index is 2.15. The van der Waals surface area contributed by atoms with Crippen LogP contribution in [0.4, 0.5) is 0 Å². The van der Waals surface area contributed by atoms with Crippen LogP contribution in [0.15, 0.2) is 12.4 Å². The number of nitrogens with one attached hydrogen (secondary N) is 1. The quantitative estimate of drug-likeness (QED) is 0.726. The molecule has 0 aliphatic carbocycles. The van der Waals surface area contributed by atoms with Gasteiger partial charge in [-0.3, -0.25) is 9.97 Å².